The number of para-hydroxylation sites is 2. The van der Waals surface area contributed by atoms with Crippen molar-refractivity contribution in [3.8, 4) is 5.75 Å². The SMILES string of the molecule is CCOc1ccc(C=Nn2c(N)c(S(=O)(=O)c3cc(C)ccc3C)c3nc4ccccc4nc32)cc1. The molecule has 182 valence electrons. The second-order valence-corrected chi connectivity index (χ2v) is 10.3. The number of aromatic nitrogens is 3. The minimum absolute atomic E-state index is 0.0524. The molecule has 2 aromatic heterocycles. The lowest BCUT2D eigenvalue weighted by molar-refractivity contribution is 0.340. The number of nitrogen functional groups attached to an aromatic ring is 1. The maximum Gasteiger partial charge on any atom is 0.212 e. The quantitative estimate of drug-likeness (QED) is 0.333. The van der Waals surface area contributed by atoms with Crippen molar-refractivity contribution in [3.05, 3.63) is 83.4 Å². The number of rotatable bonds is 6. The van der Waals surface area contributed by atoms with Gasteiger partial charge in [0.25, 0.3) is 0 Å². The van der Waals surface area contributed by atoms with E-state index >= 15 is 0 Å². The molecule has 0 aliphatic carbocycles. The monoisotopic (exact) mass is 499 g/mol. The average molecular weight is 500 g/mol. The topological polar surface area (TPSA) is 112 Å². The predicted molar refractivity (Wildman–Crippen MR) is 141 cm³/mol. The van der Waals surface area contributed by atoms with Gasteiger partial charge in [0.1, 0.15) is 22.0 Å². The molecule has 2 N–H and O–H groups in total. The van der Waals surface area contributed by atoms with Gasteiger partial charge in [-0.1, -0.05) is 24.3 Å². The van der Waals surface area contributed by atoms with Crippen LogP contribution in [0.1, 0.15) is 23.6 Å². The molecule has 5 rings (SSSR count). The highest BCUT2D eigenvalue weighted by Crippen LogP contribution is 2.36. The first-order valence-electron chi connectivity index (χ1n) is 11.5. The molecule has 0 aliphatic heterocycles. The number of nitrogens with zero attached hydrogens (tertiary/aromatic N) is 4. The molecule has 9 heteroatoms. The summed E-state index contributed by atoms with van der Waals surface area (Å²) in [6.45, 7) is 6.10. The van der Waals surface area contributed by atoms with Crippen LogP contribution in [0.5, 0.6) is 5.75 Å². The van der Waals surface area contributed by atoms with Crippen molar-refractivity contribution in [1.82, 2.24) is 14.6 Å². The van der Waals surface area contributed by atoms with E-state index in [-0.39, 0.29) is 26.8 Å². The van der Waals surface area contributed by atoms with E-state index < -0.39 is 9.84 Å². The number of fused-ring (bicyclic) bond motifs is 2. The van der Waals surface area contributed by atoms with Gasteiger partial charge < -0.3 is 10.5 Å². The fraction of sp³-hybridized carbons (Fsp3) is 0.148. The molecular formula is C27H25N5O3S. The highest BCUT2D eigenvalue weighted by Gasteiger charge is 2.31. The number of nitrogens with two attached hydrogens (primary N) is 1. The van der Waals surface area contributed by atoms with E-state index in [2.05, 4.69) is 15.1 Å². The van der Waals surface area contributed by atoms with Gasteiger partial charge in [-0.25, -0.2) is 18.4 Å². The largest absolute Gasteiger partial charge is 0.494 e. The number of hydrogen-bond donors (Lipinski definition) is 1. The Bertz CT molecular complexity index is 1740. The summed E-state index contributed by atoms with van der Waals surface area (Å²) in [6.07, 6.45) is 1.59. The van der Waals surface area contributed by atoms with Crippen molar-refractivity contribution in [3.63, 3.8) is 0 Å². The minimum Gasteiger partial charge on any atom is -0.494 e. The van der Waals surface area contributed by atoms with E-state index in [0.29, 0.717) is 23.2 Å². The zero-order valence-electron chi connectivity index (χ0n) is 20.1. The maximum absolute atomic E-state index is 13.9. The average Bonchev–Trinajstić information content (AvgIpc) is 3.14. The Kier molecular flexibility index (Phi) is 5.93. The van der Waals surface area contributed by atoms with E-state index in [1.54, 1.807) is 31.3 Å². The lowest BCUT2D eigenvalue weighted by Gasteiger charge is -2.09. The van der Waals surface area contributed by atoms with Gasteiger partial charge in [-0.2, -0.15) is 9.78 Å². The predicted octanol–water partition coefficient (Wildman–Crippen LogP) is 4.90. The fourth-order valence-corrected chi connectivity index (χ4v) is 5.86. The Morgan fingerprint density at radius 1 is 1.00 bits per heavy atom. The van der Waals surface area contributed by atoms with Gasteiger partial charge in [0.05, 0.1) is 28.8 Å². The molecule has 5 aromatic rings. The molecule has 0 saturated heterocycles. The van der Waals surface area contributed by atoms with Crippen LogP contribution in [-0.4, -0.2) is 35.9 Å². The van der Waals surface area contributed by atoms with Crippen LogP contribution in [0.2, 0.25) is 0 Å². The maximum atomic E-state index is 13.9. The highest BCUT2D eigenvalue weighted by molar-refractivity contribution is 7.92. The first-order chi connectivity index (χ1) is 17.3. The number of anilines is 1. The standard InChI is InChI=1S/C27H25N5O3S/c1-4-35-20-13-11-19(12-14-20)16-29-32-26(28)25(36(33,34)23-15-17(2)9-10-18(23)3)24-27(32)31-22-8-6-5-7-21(22)30-24/h5-16H,4,28H2,1-3H3. The normalized spacial score (nSPS) is 12.1. The third kappa shape index (κ3) is 4.07. The van der Waals surface area contributed by atoms with Crippen LogP contribution in [0.4, 0.5) is 5.82 Å². The molecule has 0 amide bonds. The molecular weight excluding hydrogens is 474 g/mol. The first-order valence-corrected chi connectivity index (χ1v) is 12.9. The fourth-order valence-electron chi connectivity index (χ4n) is 4.05. The number of hydrogen-bond acceptors (Lipinski definition) is 7. The third-order valence-corrected chi connectivity index (χ3v) is 7.80. The molecule has 0 saturated carbocycles. The van der Waals surface area contributed by atoms with Gasteiger partial charge in [-0.3, -0.25) is 0 Å². The second-order valence-electron chi connectivity index (χ2n) is 8.43. The summed E-state index contributed by atoms with van der Waals surface area (Å²) in [5, 5.41) is 4.51. The molecule has 0 radical (unpaired) electrons. The van der Waals surface area contributed by atoms with Crippen molar-refractivity contribution in [2.45, 2.75) is 30.6 Å². The number of benzene rings is 3. The lowest BCUT2D eigenvalue weighted by atomic mass is 10.2. The molecule has 8 nitrogen and oxygen atoms in total. The van der Waals surface area contributed by atoms with Crippen LogP contribution < -0.4 is 10.5 Å². The lowest BCUT2D eigenvalue weighted by Crippen LogP contribution is -2.08. The number of ether oxygens (including phenoxy) is 1. The van der Waals surface area contributed by atoms with E-state index in [9.17, 15) is 8.42 Å². The van der Waals surface area contributed by atoms with E-state index in [4.69, 9.17) is 10.5 Å². The summed E-state index contributed by atoms with van der Waals surface area (Å²) in [5.74, 6) is 0.697. The molecule has 0 bridgehead atoms. The molecule has 0 aliphatic rings. The van der Waals surface area contributed by atoms with Crippen molar-refractivity contribution in [1.29, 1.82) is 0 Å². The Hall–Kier alpha value is -4.24. The number of sulfone groups is 1. The van der Waals surface area contributed by atoms with Gasteiger partial charge in [-0.05, 0) is 79.9 Å². The van der Waals surface area contributed by atoms with E-state index in [1.165, 1.54) is 4.68 Å². The first kappa shape index (κ1) is 23.5. The molecule has 0 unspecified atom stereocenters. The third-order valence-electron chi connectivity index (χ3n) is 5.84. The minimum atomic E-state index is -4.03. The van der Waals surface area contributed by atoms with Gasteiger partial charge in [0, 0.05) is 0 Å². The molecule has 0 atom stereocenters. The molecule has 0 spiro atoms. The van der Waals surface area contributed by atoms with E-state index in [1.807, 2.05) is 62.4 Å². The van der Waals surface area contributed by atoms with Crippen LogP contribution in [-0.2, 0) is 9.84 Å². The molecule has 36 heavy (non-hydrogen) atoms. The Morgan fingerprint density at radius 2 is 1.69 bits per heavy atom. The number of aryl methyl sites for hydroxylation is 2. The van der Waals surface area contributed by atoms with Crippen molar-refractivity contribution >= 4 is 44.1 Å². The summed E-state index contributed by atoms with van der Waals surface area (Å²) in [4.78, 5) is 9.41. The Balaban J connectivity index is 1.74. The van der Waals surface area contributed by atoms with Crippen LogP contribution in [0.3, 0.4) is 0 Å². The zero-order valence-corrected chi connectivity index (χ0v) is 21.0. The van der Waals surface area contributed by atoms with Gasteiger partial charge >= 0.3 is 0 Å². The summed E-state index contributed by atoms with van der Waals surface area (Å²) >= 11 is 0. The van der Waals surface area contributed by atoms with Crippen LogP contribution in [0.15, 0.2) is 81.6 Å². The Labute approximate surface area is 209 Å². The second kappa shape index (κ2) is 9.09. The molecule has 3 aromatic carbocycles. The van der Waals surface area contributed by atoms with Gasteiger partial charge in [0.2, 0.25) is 9.84 Å². The van der Waals surface area contributed by atoms with Gasteiger partial charge in [0.15, 0.2) is 5.65 Å². The summed E-state index contributed by atoms with van der Waals surface area (Å²) in [7, 11) is -4.03. The smallest absolute Gasteiger partial charge is 0.212 e. The summed E-state index contributed by atoms with van der Waals surface area (Å²) in [6, 6.07) is 19.9. The van der Waals surface area contributed by atoms with Crippen LogP contribution >= 0.6 is 0 Å². The van der Waals surface area contributed by atoms with E-state index in [0.717, 1.165) is 16.9 Å². The Morgan fingerprint density at radius 3 is 2.39 bits per heavy atom. The van der Waals surface area contributed by atoms with Crippen LogP contribution in [0.25, 0.3) is 22.2 Å². The highest BCUT2D eigenvalue weighted by atomic mass is 32.2. The summed E-state index contributed by atoms with van der Waals surface area (Å²) in [5.41, 5.74) is 10.3. The van der Waals surface area contributed by atoms with Crippen molar-refractivity contribution in [2.75, 3.05) is 12.3 Å². The van der Waals surface area contributed by atoms with Gasteiger partial charge in [-0.15, -0.1) is 0 Å². The van der Waals surface area contributed by atoms with Crippen LogP contribution in [0, 0.1) is 13.8 Å². The zero-order chi connectivity index (χ0) is 25.4. The summed E-state index contributed by atoms with van der Waals surface area (Å²) < 4.78 is 34.7. The van der Waals surface area contributed by atoms with Crippen molar-refractivity contribution in [2.24, 2.45) is 5.10 Å². The van der Waals surface area contributed by atoms with Crippen molar-refractivity contribution < 1.29 is 13.2 Å². The molecule has 0 fully saturated rings. The molecule has 2 heterocycles.